The lowest BCUT2D eigenvalue weighted by Crippen LogP contribution is -2.19. The monoisotopic (exact) mass is 252 g/mol. The van der Waals surface area contributed by atoms with Gasteiger partial charge in [-0.2, -0.15) is 5.26 Å². The van der Waals surface area contributed by atoms with E-state index in [4.69, 9.17) is 22.0 Å². The first-order valence-electron chi connectivity index (χ1n) is 5.70. The summed E-state index contributed by atoms with van der Waals surface area (Å²) >= 11 is 5.93. The molecule has 0 aliphatic heterocycles. The number of unbranched alkanes of at least 4 members (excludes halogenated alkanes) is 2. The molecule has 1 aromatic rings. The van der Waals surface area contributed by atoms with E-state index in [-0.39, 0.29) is 6.61 Å². The summed E-state index contributed by atoms with van der Waals surface area (Å²) in [7, 11) is 1.95. The van der Waals surface area contributed by atoms with Gasteiger partial charge in [-0.3, -0.25) is 0 Å². The summed E-state index contributed by atoms with van der Waals surface area (Å²) in [5.41, 5.74) is 1.50. The molecule has 17 heavy (non-hydrogen) atoms. The van der Waals surface area contributed by atoms with Crippen LogP contribution in [0.5, 0.6) is 0 Å². The van der Waals surface area contributed by atoms with Gasteiger partial charge >= 0.3 is 0 Å². The molecular weight excluding hydrogens is 236 g/mol. The van der Waals surface area contributed by atoms with Gasteiger partial charge in [-0.1, -0.05) is 11.6 Å². The highest BCUT2D eigenvalue weighted by Crippen LogP contribution is 2.23. The maximum absolute atomic E-state index is 9.02. The highest BCUT2D eigenvalue weighted by atomic mass is 35.5. The number of nitriles is 1. The first-order valence-corrected chi connectivity index (χ1v) is 6.08. The van der Waals surface area contributed by atoms with Gasteiger partial charge in [-0.25, -0.2) is 0 Å². The Kier molecular flexibility index (Phi) is 5.82. The molecule has 0 aliphatic rings. The van der Waals surface area contributed by atoms with Crippen molar-refractivity contribution in [2.24, 2.45) is 0 Å². The predicted molar refractivity (Wildman–Crippen MR) is 70.4 cm³/mol. The molecule has 92 valence electrons. The van der Waals surface area contributed by atoms with Gasteiger partial charge in [0, 0.05) is 25.2 Å². The zero-order chi connectivity index (χ0) is 12.7. The van der Waals surface area contributed by atoms with Crippen LogP contribution in [0.15, 0.2) is 18.2 Å². The number of hydrogen-bond donors (Lipinski definition) is 1. The minimum Gasteiger partial charge on any atom is -0.396 e. The van der Waals surface area contributed by atoms with Gasteiger partial charge in [0.15, 0.2) is 0 Å². The lowest BCUT2D eigenvalue weighted by atomic mass is 10.1. The Bertz CT molecular complexity index is 401. The van der Waals surface area contributed by atoms with Gasteiger partial charge in [0.05, 0.1) is 11.3 Å². The molecule has 0 unspecified atom stereocenters. The molecule has 0 bridgehead atoms. The average molecular weight is 253 g/mol. The summed E-state index contributed by atoms with van der Waals surface area (Å²) in [6, 6.07) is 7.44. The van der Waals surface area contributed by atoms with E-state index in [9.17, 15) is 0 Å². The largest absolute Gasteiger partial charge is 0.396 e. The van der Waals surface area contributed by atoms with Crippen molar-refractivity contribution in [3.05, 3.63) is 28.8 Å². The molecule has 0 heterocycles. The number of rotatable bonds is 6. The first-order chi connectivity index (χ1) is 8.19. The summed E-state index contributed by atoms with van der Waals surface area (Å²) in [6.45, 7) is 1.10. The number of aliphatic hydroxyl groups is 1. The lowest BCUT2D eigenvalue weighted by Gasteiger charge is -2.20. The molecular formula is C13H17ClN2O. The molecule has 0 fully saturated rings. The van der Waals surface area contributed by atoms with Crippen molar-refractivity contribution >= 4 is 17.3 Å². The molecule has 0 aliphatic carbocycles. The van der Waals surface area contributed by atoms with Crippen LogP contribution < -0.4 is 4.90 Å². The van der Waals surface area contributed by atoms with Crippen LogP contribution >= 0.6 is 11.6 Å². The van der Waals surface area contributed by atoms with Crippen LogP contribution in [-0.2, 0) is 0 Å². The van der Waals surface area contributed by atoms with Gasteiger partial charge in [0.1, 0.15) is 6.07 Å². The molecule has 0 spiro atoms. The van der Waals surface area contributed by atoms with Crippen LogP contribution in [0.4, 0.5) is 5.69 Å². The highest BCUT2D eigenvalue weighted by Gasteiger charge is 2.07. The molecule has 0 saturated heterocycles. The summed E-state index contributed by atoms with van der Waals surface area (Å²) < 4.78 is 0. The van der Waals surface area contributed by atoms with E-state index >= 15 is 0 Å². The molecule has 1 N–H and O–H groups in total. The molecule has 0 atom stereocenters. The molecule has 1 rings (SSSR count). The maximum Gasteiger partial charge on any atom is 0.101 e. The number of anilines is 1. The summed E-state index contributed by atoms with van der Waals surface area (Å²) in [6.07, 6.45) is 2.81. The van der Waals surface area contributed by atoms with E-state index in [0.717, 1.165) is 31.5 Å². The van der Waals surface area contributed by atoms with Crippen molar-refractivity contribution in [1.29, 1.82) is 5.26 Å². The fourth-order valence-electron chi connectivity index (χ4n) is 1.67. The number of hydrogen-bond acceptors (Lipinski definition) is 3. The van der Waals surface area contributed by atoms with Crippen LogP contribution in [0.1, 0.15) is 24.8 Å². The van der Waals surface area contributed by atoms with Gasteiger partial charge in [0.25, 0.3) is 0 Å². The fourth-order valence-corrected chi connectivity index (χ4v) is 1.84. The minimum atomic E-state index is 0.240. The third kappa shape index (κ3) is 4.26. The topological polar surface area (TPSA) is 47.3 Å². The standard InChI is InChI=1S/C13H17ClN2O/c1-16(7-3-2-4-8-17)13-9-12(14)6-5-11(13)10-15/h5-6,9,17H,2-4,7-8H2,1H3. The third-order valence-electron chi connectivity index (χ3n) is 2.64. The second kappa shape index (κ2) is 7.16. The highest BCUT2D eigenvalue weighted by molar-refractivity contribution is 6.30. The van der Waals surface area contributed by atoms with E-state index in [1.165, 1.54) is 0 Å². The molecule has 4 heteroatoms. The summed E-state index contributed by atoms with van der Waals surface area (Å²) in [5, 5.41) is 18.3. The van der Waals surface area contributed by atoms with Crippen molar-refractivity contribution < 1.29 is 5.11 Å². The third-order valence-corrected chi connectivity index (χ3v) is 2.88. The smallest absolute Gasteiger partial charge is 0.101 e. The van der Waals surface area contributed by atoms with Crippen molar-refractivity contribution in [2.45, 2.75) is 19.3 Å². The number of aliphatic hydroxyl groups excluding tert-OH is 1. The van der Waals surface area contributed by atoms with Gasteiger partial charge < -0.3 is 10.0 Å². The van der Waals surface area contributed by atoms with Crippen LogP contribution in [0, 0.1) is 11.3 Å². The van der Waals surface area contributed by atoms with Crippen LogP contribution in [0.3, 0.4) is 0 Å². The molecule has 3 nitrogen and oxygen atoms in total. The maximum atomic E-state index is 9.02. The lowest BCUT2D eigenvalue weighted by molar-refractivity contribution is 0.283. The quantitative estimate of drug-likeness (QED) is 0.792. The van der Waals surface area contributed by atoms with Crippen molar-refractivity contribution in [3.8, 4) is 6.07 Å². The van der Waals surface area contributed by atoms with E-state index in [2.05, 4.69) is 6.07 Å². The van der Waals surface area contributed by atoms with Gasteiger partial charge in [-0.05, 0) is 37.5 Å². The van der Waals surface area contributed by atoms with Crippen molar-refractivity contribution in [3.63, 3.8) is 0 Å². The molecule has 0 aromatic heterocycles. The minimum absolute atomic E-state index is 0.240. The molecule has 0 amide bonds. The zero-order valence-corrected chi connectivity index (χ0v) is 10.7. The predicted octanol–water partition coefficient (Wildman–Crippen LogP) is 2.81. The Balaban J connectivity index is 2.64. The summed E-state index contributed by atoms with van der Waals surface area (Å²) in [4.78, 5) is 2.03. The van der Waals surface area contributed by atoms with Crippen LogP contribution in [0.25, 0.3) is 0 Å². The van der Waals surface area contributed by atoms with Gasteiger partial charge in [-0.15, -0.1) is 0 Å². The normalized spacial score (nSPS) is 10.0. The first kappa shape index (κ1) is 13.8. The van der Waals surface area contributed by atoms with E-state index in [1.807, 2.05) is 18.0 Å². The van der Waals surface area contributed by atoms with Crippen molar-refractivity contribution in [1.82, 2.24) is 0 Å². The Morgan fingerprint density at radius 2 is 2.12 bits per heavy atom. The Hall–Kier alpha value is -1.24. The Morgan fingerprint density at radius 1 is 1.35 bits per heavy atom. The summed E-state index contributed by atoms with van der Waals surface area (Å²) in [5.74, 6) is 0. The van der Waals surface area contributed by atoms with E-state index in [1.54, 1.807) is 12.1 Å². The molecule has 0 radical (unpaired) electrons. The Labute approximate surface area is 107 Å². The van der Waals surface area contributed by atoms with Gasteiger partial charge in [0.2, 0.25) is 0 Å². The van der Waals surface area contributed by atoms with Crippen LogP contribution in [0.2, 0.25) is 5.02 Å². The zero-order valence-electron chi connectivity index (χ0n) is 9.99. The number of nitrogens with zero attached hydrogens (tertiary/aromatic N) is 2. The molecule has 0 saturated carbocycles. The second-order valence-electron chi connectivity index (χ2n) is 3.98. The average Bonchev–Trinajstić information content (AvgIpc) is 2.34. The fraction of sp³-hybridized carbons (Fsp3) is 0.462. The SMILES string of the molecule is CN(CCCCCO)c1cc(Cl)ccc1C#N. The second-order valence-corrected chi connectivity index (χ2v) is 4.42. The van der Waals surface area contributed by atoms with E-state index < -0.39 is 0 Å². The Morgan fingerprint density at radius 3 is 2.76 bits per heavy atom. The van der Waals surface area contributed by atoms with Crippen LogP contribution in [-0.4, -0.2) is 25.3 Å². The van der Waals surface area contributed by atoms with E-state index in [0.29, 0.717) is 10.6 Å². The number of benzene rings is 1. The molecule has 1 aromatic carbocycles. The number of halogens is 1. The van der Waals surface area contributed by atoms with Crippen molar-refractivity contribution in [2.75, 3.05) is 25.1 Å².